The first kappa shape index (κ1) is 25.5. The summed E-state index contributed by atoms with van der Waals surface area (Å²) in [5.41, 5.74) is -1.59. The minimum absolute atomic E-state index is 0.00360. The van der Waals surface area contributed by atoms with Gasteiger partial charge in [0.2, 0.25) is 0 Å². The summed E-state index contributed by atoms with van der Waals surface area (Å²) in [5, 5.41) is 0.418. The number of aryl methyl sites for hydroxylation is 1. The quantitative estimate of drug-likeness (QED) is 0.302. The van der Waals surface area contributed by atoms with Crippen LogP contribution in [0.25, 0.3) is 22.0 Å². The van der Waals surface area contributed by atoms with E-state index in [2.05, 4.69) is 4.98 Å². The Labute approximate surface area is 212 Å². The highest BCUT2D eigenvalue weighted by atomic mass is 19.4. The summed E-state index contributed by atoms with van der Waals surface area (Å²) in [7, 11) is 0. The van der Waals surface area contributed by atoms with Gasteiger partial charge in [0, 0.05) is 36.8 Å². The zero-order chi connectivity index (χ0) is 27.4. The fourth-order valence-corrected chi connectivity index (χ4v) is 4.67. The van der Waals surface area contributed by atoms with E-state index in [0.717, 1.165) is 10.5 Å². The van der Waals surface area contributed by atoms with E-state index in [4.69, 9.17) is 0 Å². The Balaban J connectivity index is 1.65. The first-order valence-electron chi connectivity index (χ1n) is 11.5. The van der Waals surface area contributed by atoms with E-state index in [1.807, 2.05) is 19.1 Å². The predicted octanol–water partition coefficient (Wildman–Crippen LogP) is 6.07. The van der Waals surface area contributed by atoms with Crippen molar-refractivity contribution in [3.63, 3.8) is 0 Å². The van der Waals surface area contributed by atoms with Crippen molar-refractivity contribution in [1.29, 1.82) is 0 Å². The molecule has 0 bridgehead atoms. The fraction of sp³-hybridized carbons (Fsp3) is 0.222. The van der Waals surface area contributed by atoms with Crippen LogP contribution in [0.1, 0.15) is 32.7 Å². The normalized spacial score (nSPS) is 14.2. The minimum atomic E-state index is -5.01. The average Bonchev–Trinajstić information content (AvgIpc) is 2.86. The predicted molar refractivity (Wildman–Crippen MR) is 127 cm³/mol. The fourth-order valence-electron chi connectivity index (χ4n) is 4.67. The van der Waals surface area contributed by atoms with Crippen molar-refractivity contribution in [2.24, 2.45) is 0 Å². The molecule has 0 aliphatic carbocycles. The molecule has 0 unspecified atom stereocenters. The van der Waals surface area contributed by atoms with Gasteiger partial charge in [-0.1, -0.05) is 35.9 Å². The van der Waals surface area contributed by atoms with Gasteiger partial charge in [0.1, 0.15) is 11.2 Å². The lowest BCUT2D eigenvalue weighted by Gasteiger charge is -2.32. The Morgan fingerprint density at radius 1 is 0.868 bits per heavy atom. The third kappa shape index (κ3) is 4.52. The number of pyridine rings is 2. The third-order valence-corrected chi connectivity index (χ3v) is 6.48. The van der Waals surface area contributed by atoms with Crippen LogP contribution in [-0.4, -0.2) is 26.9 Å². The third-order valence-electron chi connectivity index (χ3n) is 6.48. The number of hydrogen-bond donors (Lipinski definition) is 0. The van der Waals surface area contributed by atoms with Gasteiger partial charge in [-0.05, 0) is 42.3 Å². The molecule has 5 nitrogen and oxygen atoms in total. The van der Waals surface area contributed by atoms with Crippen LogP contribution in [0.2, 0.25) is 0 Å². The molecule has 1 amide bonds. The minimum Gasteiger partial charge on any atom is -0.331 e. The zero-order valence-electron chi connectivity index (χ0n) is 19.8. The standard InChI is InChI=1S/C27H19F6N3O2/c1-15-4-6-17(7-5-15)21-20-3-2-8-34-22(20)24(37)36-10-9-35(25(38)23(21)36)14-16-11-18(26(28,29)30)13-19(12-16)27(31,32)33/h2-8,11-13H,9-10,14H2,1H3. The van der Waals surface area contributed by atoms with E-state index in [-0.39, 0.29) is 35.9 Å². The summed E-state index contributed by atoms with van der Waals surface area (Å²) >= 11 is 0. The van der Waals surface area contributed by atoms with Crippen molar-refractivity contribution in [3.8, 4) is 11.1 Å². The number of amides is 1. The molecule has 4 aromatic rings. The molecule has 0 atom stereocenters. The maximum Gasteiger partial charge on any atom is 0.416 e. The molecule has 1 aliphatic heterocycles. The molecule has 2 aromatic heterocycles. The van der Waals surface area contributed by atoms with Gasteiger partial charge in [0.15, 0.2) is 0 Å². The summed E-state index contributed by atoms with van der Waals surface area (Å²) in [6.07, 6.45) is -8.56. The lowest BCUT2D eigenvalue weighted by molar-refractivity contribution is -0.143. The average molecular weight is 531 g/mol. The number of hydrogen-bond acceptors (Lipinski definition) is 3. The topological polar surface area (TPSA) is 55.2 Å². The van der Waals surface area contributed by atoms with Crippen LogP contribution in [-0.2, 0) is 25.4 Å². The van der Waals surface area contributed by atoms with Crippen molar-refractivity contribution < 1.29 is 31.1 Å². The first-order valence-corrected chi connectivity index (χ1v) is 11.5. The Hall–Kier alpha value is -4.15. The second kappa shape index (κ2) is 9.00. The van der Waals surface area contributed by atoms with Crippen molar-refractivity contribution in [2.45, 2.75) is 32.4 Å². The molecule has 0 saturated carbocycles. The van der Waals surface area contributed by atoms with Crippen LogP contribution < -0.4 is 5.56 Å². The Bertz CT molecular complexity index is 1590. The maximum absolute atomic E-state index is 13.7. The van der Waals surface area contributed by atoms with E-state index in [1.54, 1.807) is 24.3 Å². The van der Waals surface area contributed by atoms with Crippen LogP contribution in [0, 0.1) is 6.92 Å². The molecule has 5 rings (SSSR count). The summed E-state index contributed by atoms with van der Waals surface area (Å²) in [5.74, 6) is -0.680. The number of carbonyl (C=O) groups is 1. The molecule has 196 valence electrons. The molecular weight excluding hydrogens is 512 g/mol. The van der Waals surface area contributed by atoms with Gasteiger partial charge in [-0.3, -0.25) is 19.1 Å². The highest BCUT2D eigenvalue weighted by Crippen LogP contribution is 2.37. The molecule has 0 radical (unpaired) electrons. The second-order valence-electron chi connectivity index (χ2n) is 9.09. The molecule has 2 aromatic carbocycles. The van der Waals surface area contributed by atoms with Gasteiger partial charge in [-0.15, -0.1) is 0 Å². The first-order chi connectivity index (χ1) is 17.8. The number of carbonyl (C=O) groups excluding carboxylic acids is 1. The molecule has 0 fully saturated rings. The maximum atomic E-state index is 13.7. The molecule has 1 aliphatic rings. The number of benzene rings is 2. The summed E-state index contributed by atoms with van der Waals surface area (Å²) in [4.78, 5) is 32.3. The van der Waals surface area contributed by atoms with Crippen LogP contribution in [0.4, 0.5) is 26.3 Å². The number of rotatable bonds is 3. The highest BCUT2D eigenvalue weighted by Gasteiger charge is 2.38. The molecule has 38 heavy (non-hydrogen) atoms. The van der Waals surface area contributed by atoms with E-state index >= 15 is 0 Å². The van der Waals surface area contributed by atoms with E-state index in [0.29, 0.717) is 28.6 Å². The van der Waals surface area contributed by atoms with Gasteiger partial charge in [-0.2, -0.15) is 26.3 Å². The molecule has 0 saturated heterocycles. The number of halogens is 6. The number of alkyl halides is 6. The Morgan fingerprint density at radius 2 is 1.50 bits per heavy atom. The van der Waals surface area contributed by atoms with E-state index in [9.17, 15) is 35.9 Å². The van der Waals surface area contributed by atoms with E-state index < -0.39 is 41.5 Å². The van der Waals surface area contributed by atoms with Gasteiger partial charge in [-0.25, -0.2) is 0 Å². The number of nitrogens with zero attached hydrogens (tertiary/aromatic N) is 3. The van der Waals surface area contributed by atoms with Crippen LogP contribution in [0.3, 0.4) is 0 Å². The van der Waals surface area contributed by atoms with Gasteiger partial charge in [0.05, 0.1) is 11.1 Å². The van der Waals surface area contributed by atoms with Gasteiger partial charge < -0.3 is 4.90 Å². The SMILES string of the molecule is Cc1ccc(-c2c3n(c(=O)c4ncccc24)CCN(Cc2cc(C(F)(F)F)cc(C(F)(F)F)c2)C3=O)cc1. The molecular formula is C27H19F6N3O2. The molecule has 11 heteroatoms. The molecule has 0 N–H and O–H groups in total. The lowest BCUT2D eigenvalue weighted by Crippen LogP contribution is -2.44. The van der Waals surface area contributed by atoms with Crippen molar-refractivity contribution >= 4 is 16.8 Å². The monoisotopic (exact) mass is 531 g/mol. The zero-order valence-corrected chi connectivity index (χ0v) is 19.8. The van der Waals surface area contributed by atoms with Crippen LogP contribution in [0.15, 0.2) is 65.6 Å². The van der Waals surface area contributed by atoms with Crippen molar-refractivity contribution in [2.75, 3.05) is 6.54 Å². The number of aromatic nitrogens is 2. The van der Waals surface area contributed by atoms with Gasteiger partial charge >= 0.3 is 12.4 Å². The summed E-state index contributed by atoms with van der Waals surface area (Å²) < 4.78 is 81.4. The Kier molecular flexibility index (Phi) is 6.04. The summed E-state index contributed by atoms with van der Waals surface area (Å²) in [6.45, 7) is 1.29. The second-order valence-corrected chi connectivity index (χ2v) is 9.09. The largest absolute Gasteiger partial charge is 0.416 e. The molecule has 3 heterocycles. The van der Waals surface area contributed by atoms with Gasteiger partial charge in [0.25, 0.3) is 11.5 Å². The van der Waals surface area contributed by atoms with Crippen molar-refractivity contribution in [1.82, 2.24) is 14.5 Å². The smallest absolute Gasteiger partial charge is 0.331 e. The van der Waals surface area contributed by atoms with E-state index in [1.165, 1.54) is 10.8 Å². The van der Waals surface area contributed by atoms with Crippen LogP contribution in [0.5, 0.6) is 0 Å². The van der Waals surface area contributed by atoms with Crippen LogP contribution >= 0.6 is 0 Å². The summed E-state index contributed by atoms with van der Waals surface area (Å²) in [6, 6.07) is 11.7. The lowest BCUT2D eigenvalue weighted by atomic mass is 9.96. The highest BCUT2D eigenvalue weighted by molar-refractivity contribution is 6.08. The molecule has 0 spiro atoms. The Morgan fingerprint density at radius 3 is 2.11 bits per heavy atom. The number of fused-ring (bicyclic) bond motifs is 2. The van der Waals surface area contributed by atoms with Crippen molar-refractivity contribution in [3.05, 3.63) is 99.1 Å².